The summed E-state index contributed by atoms with van der Waals surface area (Å²) in [6, 6.07) is 0. The normalized spacial score (nSPS) is 12.3. The predicted octanol–water partition coefficient (Wildman–Crippen LogP) is 3.03. The van der Waals surface area contributed by atoms with Crippen molar-refractivity contribution >= 4 is 0 Å². The first-order chi connectivity index (χ1) is 3.81. The van der Waals surface area contributed by atoms with Crippen LogP contribution >= 0.6 is 0 Å². The standard InChI is InChI=1S/C8H17.Zn/c1-4-6-7-8(3)5-2;/h8H,3-7H2,1-2H3;. The van der Waals surface area contributed by atoms with Gasteiger partial charge in [0.25, 0.3) is 0 Å². The zero-order chi connectivity index (χ0) is 6.41. The molecule has 0 heterocycles. The number of unbranched alkanes of at least 4 members (excludes halogenated alkanes) is 1. The average molecular weight is 179 g/mol. The van der Waals surface area contributed by atoms with Crippen LogP contribution in [0.5, 0.6) is 0 Å². The van der Waals surface area contributed by atoms with Gasteiger partial charge >= 0.3 is 0 Å². The third kappa shape index (κ3) is 8.62. The SMILES string of the molecule is [CH2]C(CC)CCCC.[Zn]. The quantitative estimate of drug-likeness (QED) is 0.581. The summed E-state index contributed by atoms with van der Waals surface area (Å²) in [5.74, 6) is 0.704. The third-order valence-corrected chi connectivity index (χ3v) is 1.54. The first kappa shape index (κ1) is 12.3. The fourth-order valence-corrected chi connectivity index (χ4v) is 0.697. The Hall–Kier alpha value is 0.623. The first-order valence-electron chi connectivity index (χ1n) is 3.64. The van der Waals surface area contributed by atoms with Crippen LogP contribution in [0.1, 0.15) is 39.5 Å². The minimum Gasteiger partial charge on any atom is -0.0654 e. The van der Waals surface area contributed by atoms with Crippen LogP contribution in [0.4, 0.5) is 0 Å². The molecule has 1 atom stereocenters. The van der Waals surface area contributed by atoms with E-state index in [2.05, 4.69) is 20.8 Å². The van der Waals surface area contributed by atoms with Gasteiger partial charge in [0.1, 0.15) is 0 Å². The Balaban J connectivity index is 0. The van der Waals surface area contributed by atoms with E-state index in [0.717, 1.165) is 0 Å². The molecule has 0 aliphatic heterocycles. The van der Waals surface area contributed by atoms with Crippen LogP contribution in [-0.4, -0.2) is 0 Å². The minimum atomic E-state index is 0. The molecule has 9 heavy (non-hydrogen) atoms. The molecule has 0 aromatic carbocycles. The summed E-state index contributed by atoms with van der Waals surface area (Å²) in [5.41, 5.74) is 0. The second kappa shape index (κ2) is 8.62. The van der Waals surface area contributed by atoms with E-state index in [0.29, 0.717) is 5.92 Å². The summed E-state index contributed by atoms with van der Waals surface area (Å²) >= 11 is 0. The van der Waals surface area contributed by atoms with Crippen molar-refractivity contribution in [1.82, 2.24) is 0 Å². The van der Waals surface area contributed by atoms with Crippen molar-refractivity contribution in [3.8, 4) is 0 Å². The van der Waals surface area contributed by atoms with Crippen molar-refractivity contribution in [2.75, 3.05) is 0 Å². The van der Waals surface area contributed by atoms with E-state index in [1.165, 1.54) is 25.7 Å². The fourth-order valence-electron chi connectivity index (χ4n) is 0.697. The molecule has 0 nitrogen and oxygen atoms in total. The van der Waals surface area contributed by atoms with Gasteiger partial charge in [-0.05, 0) is 5.92 Å². The topological polar surface area (TPSA) is 0 Å². The molecule has 0 spiro atoms. The second-order valence-corrected chi connectivity index (χ2v) is 2.42. The monoisotopic (exact) mass is 177 g/mol. The third-order valence-electron chi connectivity index (χ3n) is 1.54. The molecule has 0 bridgehead atoms. The van der Waals surface area contributed by atoms with Gasteiger partial charge in [0, 0.05) is 19.5 Å². The van der Waals surface area contributed by atoms with Gasteiger partial charge in [-0.1, -0.05) is 46.5 Å². The van der Waals surface area contributed by atoms with E-state index in [9.17, 15) is 0 Å². The predicted molar refractivity (Wildman–Crippen MR) is 38.7 cm³/mol. The number of hydrogen-bond acceptors (Lipinski definition) is 0. The van der Waals surface area contributed by atoms with Crippen LogP contribution in [0.3, 0.4) is 0 Å². The van der Waals surface area contributed by atoms with Gasteiger partial charge in [-0.2, -0.15) is 0 Å². The summed E-state index contributed by atoms with van der Waals surface area (Å²) in [4.78, 5) is 0. The van der Waals surface area contributed by atoms with Gasteiger partial charge in [-0.15, -0.1) is 0 Å². The summed E-state index contributed by atoms with van der Waals surface area (Å²) in [7, 11) is 0. The molecular weight excluding hydrogens is 161 g/mol. The van der Waals surface area contributed by atoms with Crippen LogP contribution < -0.4 is 0 Å². The van der Waals surface area contributed by atoms with Gasteiger partial charge in [0.15, 0.2) is 0 Å². The maximum Gasteiger partial charge on any atom is 0 e. The van der Waals surface area contributed by atoms with Crippen LogP contribution in [0, 0.1) is 12.8 Å². The molecule has 1 heteroatoms. The summed E-state index contributed by atoms with van der Waals surface area (Å²) < 4.78 is 0. The Morgan fingerprint density at radius 1 is 1.33 bits per heavy atom. The molecule has 0 amide bonds. The molecule has 0 saturated carbocycles. The number of hydrogen-bond donors (Lipinski definition) is 0. The van der Waals surface area contributed by atoms with E-state index < -0.39 is 0 Å². The number of rotatable bonds is 4. The molecule has 0 aromatic heterocycles. The van der Waals surface area contributed by atoms with E-state index in [4.69, 9.17) is 0 Å². The Labute approximate surface area is 72.2 Å². The van der Waals surface area contributed by atoms with Crippen LogP contribution in [0.25, 0.3) is 0 Å². The molecule has 0 rings (SSSR count). The van der Waals surface area contributed by atoms with E-state index in [1.54, 1.807) is 0 Å². The second-order valence-electron chi connectivity index (χ2n) is 2.42. The molecule has 0 aliphatic rings. The Morgan fingerprint density at radius 3 is 2.22 bits per heavy atom. The van der Waals surface area contributed by atoms with Crippen molar-refractivity contribution in [2.24, 2.45) is 5.92 Å². The fraction of sp³-hybridized carbons (Fsp3) is 0.875. The van der Waals surface area contributed by atoms with Crippen molar-refractivity contribution in [3.63, 3.8) is 0 Å². The van der Waals surface area contributed by atoms with Crippen LogP contribution in [0.2, 0.25) is 0 Å². The largest absolute Gasteiger partial charge is 0.0654 e. The zero-order valence-corrected chi connectivity index (χ0v) is 9.79. The first-order valence-corrected chi connectivity index (χ1v) is 3.64. The van der Waals surface area contributed by atoms with Gasteiger partial charge in [-0.25, -0.2) is 0 Å². The summed E-state index contributed by atoms with van der Waals surface area (Å²) in [5, 5.41) is 0. The maximum atomic E-state index is 3.99. The molecule has 0 saturated heterocycles. The van der Waals surface area contributed by atoms with E-state index in [-0.39, 0.29) is 19.5 Å². The molecule has 0 aliphatic carbocycles. The van der Waals surface area contributed by atoms with Crippen LogP contribution in [-0.2, 0) is 19.5 Å². The van der Waals surface area contributed by atoms with Crippen molar-refractivity contribution in [2.45, 2.75) is 39.5 Å². The van der Waals surface area contributed by atoms with E-state index in [1.807, 2.05) is 0 Å². The molecule has 0 N–H and O–H groups in total. The molecular formula is C8H17Zn. The Morgan fingerprint density at radius 2 is 1.89 bits per heavy atom. The summed E-state index contributed by atoms with van der Waals surface area (Å²) in [6.45, 7) is 8.42. The Bertz CT molecular complexity index is 43.8. The maximum absolute atomic E-state index is 3.99. The van der Waals surface area contributed by atoms with Crippen molar-refractivity contribution in [3.05, 3.63) is 6.92 Å². The van der Waals surface area contributed by atoms with Gasteiger partial charge in [-0.3, -0.25) is 0 Å². The van der Waals surface area contributed by atoms with Gasteiger partial charge in [0.05, 0.1) is 0 Å². The Kier molecular flexibility index (Phi) is 11.8. The molecule has 0 fully saturated rings. The zero-order valence-electron chi connectivity index (χ0n) is 6.82. The smallest absolute Gasteiger partial charge is 0 e. The van der Waals surface area contributed by atoms with Gasteiger partial charge in [0.2, 0.25) is 0 Å². The molecule has 1 unspecified atom stereocenters. The van der Waals surface area contributed by atoms with E-state index >= 15 is 0 Å². The van der Waals surface area contributed by atoms with Crippen molar-refractivity contribution in [1.29, 1.82) is 0 Å². The van der Waals surface area contributed by atoms with Crippen LogP contribution in [0.15, 0.2) is 0 Å². The summed E-state index contributed by atoms with van der Waals surface area (Å²) in [6.07, 6.45) is 5.21. The molecule has 1 radical (unpaired) electrons. The van der Waals surface area contributed by atoms with Crippen molar-refractivity contribution < 1.29 is 19.5 Å². The minimum absolute atomic E-state index is 0. The molecule has 51 valence electrons. The van der Waals surface area contributed by atoms with Gasteiger partial charge < -0.3 is 0 Å². The molecule has 0 aromatic rings. The average Bonchev–Trinajstić information content (AvgIpc) is 1.83.